The highest BCUT2D eigenvalue weighted by atomic mass is 19.1. The maximum Gasteiger partial charge on any atom is 0.194 e. The molecule has 96 valence electrons. The molecule has 2 aliphatic heterocycles. The molecule has 0 radical (unpaired) electrons. The maximum atomic E-state index is 13.7. The van der Waals surface area contributed by atoms with Gasteiger partial charge in [0.25, 0.3) is 0 Å². The predicted octanol–water partition coefficient (Wildman–Crippen LogP) is 0.907. The molecule has 1 fully saturated rings. The molecule has 0 amide bonds. The van der Waals surface area contributed by atoms with Gasteiger partial charge in [-0.15, -0.1) is 0 Å². The lowest BCUT2D eigenvalue weighted by atomic mass is 10.2. The number of nitrogens with one attached hydrogen (secondary N) is 1. The van der Waals surface area contributed by atoms with Crippen LogP contribution in [0.15, 0.2) is 29.3 Å². The first-order valence-electron chi connectivity index (χ1n) is 6.37. The minimum absolute atomic E-state index is 0.137. The van der Waals surface area contributed by atoms with Crippen LogP contribution in [-0.2, 0) is 0 Å². The number of halogens is 1. The molecule has 5 heteroatoms. The summed E-state index contributed by atoms with van der Waals surface area (Å²) in [4.78, 5) is 8.75. The van der Waals surface area contributed by atoms with E-state index in [0.717, 1.165) is 45.2 Å². The number of benzene rings is 1. The second-order valence-electron chi connectivity index (χ2n) is 4.56. The monoisotopic (exact) mass is 248 g/mol. The Kier molecular flexibility index (Phi) is 3.04. The van der Waals surface area contributed by atoms with Crippen LogP contribution in [0.25, 0.3) is 0 Å². The van der Waals surface area contributed by atoms with Crippen LogP contribution in [0.3, 0.4) is 0 Å². The molecule has 0 aromatic heterocycles. The lowest BCUT2D eigenvalue weighted by Crippen LogP contribution is -2.51. The standard InChI is InChI=1S/C13H17FN4/c14-11-3-1-2-4-12(11)17-7-9-18(10-8-17)13-15-5-6-16-13/h1-4H,5-10H2,(H,15,16). The normalized spacial score (nSPS) is 19.7. The Morgan fingerprint density at radius 1 is 1.06 bits per heavy atom. The summed E-state index contributed by atoms with van der Waals surface area (Å²) in [7, 11) is 0. The molecule has 1 aromatic rings. The van der Waals surface area contributed by atoms with Crippen molar-refractivity contribution in [1.29, 1.82) is 0 Å². The van der Waals surface area contributed by atoms with Crippen molar-refractivity contribution in [3.05, 3.63) is 30.1 Å². The number of aliphatic imine (C=N–C) groups is 1. The molecule has 0 saturated carbocycles. The van der Waals surface area contributed by atoms with Gasteiger partial charge < -0.3 is 15.1 Å². The van der Waals surface area contributed by atoms with Crippen LogP contribution in [0.2, 0.25) is 0 Å². The average molecular weight is 248 g/mol. The van der Waals surface area contributed by atoms with Crippen LogP contribution in [0, 0.1) is 5.82 Å². The SMILES string of the molecule is Fc1ccccc1N1CCN(C2=NCCN2)CC1. The highest BCUT2D eigenvalue weighted by Gasteiger charge is 2.22. The van der Waals surface area contributed by atoms with E-state index >= 15 is 0 Å². The van der Waals surface area contributed by atoms with Crippen molar-refractivity contribution in [3.63, 3.8) is 0 Å². The molecule has 0 bridgehead atoms. The summed E-state index contributed by atoms with van der Waals surface area (Å²) < 4.78 is 13.7. The number of nitrogens with zero attached hydrogens (tertiary/aromatic N) is 3. The topological polar surface area (TPSA) is 30.9 Å². The zero-order valence-electron chi connectivity index (χ0n) is 10.3. The summed E-state index contributed by atoms with van der Waals surface area (Å²) in [6, 6.07) is 6.97. The molecule has 1 N–H and O–H groups in total. The quantitative estimate of drug-likeness (QED) is 0.801. The molecule has 1 aromatic carbocycles. The van der Waals surface area contributed by atoms with Crippen molar-refractivity contribution in [2.75, 3.05) is 44.2 Å². The van der Waals surface area contributed by atoms with Gasteiger partial charge in [-0.3, -0.25) is 4.99 Å². The number of piperazine rings is 1. The first kappa shape index (κ1) is 11.3. The van der Waals surface area contributed by atoms with Crippen molar-refractivity contribution >= 4 is 11.6 Å². The minimum Gasteiger partial charge on any atom is -0.366 e. The molecule has 3 rings (SSSR count). The molecule has 0 spiro atoms. The third-order valence-corrected chi connectivity index (χ3v) is 3.43. The minimum atomic E-state index is -0.137. The summed E-state index contributed by atoms with van der Waals surface area (Å²) >= 11 is 0. The van der Waals surface area contributed by atoms with Crippen LogP contribution in [0.1, 0.15) is 0 Å². The van der Waals surface area contributed by atoms with E-state index < -0.39 is 0 Å². The summed E-state index contributed by atoms with van der Waals surface area (Å²) in [5.74, 6) is 0.866. The van der Waals surface area contributed by atoms with E-state index in [2.05, 4.69) is 20.1 Å². The summed E-state index contributed by atoms with van der Waals surface area (Å²) in [6.07, 6.45) is 0. The van der Waals surface area contributed by atoms with E-state index in [1.54, 1.807) is 6.07 Å². The maximum absolute atomic E-state index is 13.7. The molecular formula is C13H17FN4. The van der Waals surface area contributed by atoms with E-state index in [4.69, 9.17) is 0 Å². The summed E-state index contributed by atoms with van der Waals surface area (Å²) in [5, 5.41) is 3.28. The fourth-order valence-corrected chi connectivity index (χ4v) is 2.46. The third kappa shape index (κ3) is 2.12. The van der Waals surface area contributed by atoms with Gasteiger partial charge in [0.2, 0.25) is 0 Å². The lowest BCUT2D eigenvalue weighted by molar-refractivity contribution is 0.375. The van der Waals surface area contributed by atoms with E-state index in [9.17, 15) is 4.39 Å². The first-order valence-corrected chi connectivity index (χ1v) is 6.37. The molecular weight excluding hydrogens is 231 g/mol. The van der Waals surface area contributed by atoms with E-state index in [1.807, 2.05) is 12.1 Å². The Hall–Kier alpha value is -1.78. The second-order valence-corrected chi connectivity index (χ2v) is 4.56. The van der Waals surface area contributed by atoms with Gasteiger partial charge in [0, 0.05) is 32.7 Å². The number of rotatable bonds is 1. The van der Waals surface area contributed by atoms with Crippen molar-refractivity contribution in [3.8, 4) is 0 Å². The van der Waals surface area contributed by atoms with Crippen molar-refractivity contribution < 1.29 is 4.39 Å². The first-order chi connectivity index (χ1) is 8.84. The van der Waals surface area contributed by atoms with Gasteiger partial charge in [0.05, 0.1) is 12.2 Å². The van der Waals surface area contributed by atoms with Gasteiger partial charge in [-0.25, -0.2) is 4.39 Å². The lowest BCUT2D eigenvalue weighted by Gasteiger charge is -2.37. The summed E-state index contributed by atoms with van der Waals surface area (Å²) in [5.41, 5.74) is 0.707. The fraction of sp³-hybridized carbons (Fsp3) is 0.462. The van der Waals surface area contributed by atoms with Gasteiger partial charge in [-0.05, 0) is 12.1 Å². The zero-order valence-corrected chi connectivity index (χ0v) is 10.3. The van der Waals surface area contributed by atoms with Crippen molar-refractivity contribution in [2.45, 2.75) is 0 Å². The average Bonchev–Trinajstić information content (AvgIpc) is 2.94. The van der Waals surface area contributed by atoms with Crippen molar-refractivity contribution in [2.24, 2.45) is 4.99 Å². The number of guanidine groups is 1. The van der Waals surface area contributed by atoms with Crippen LogP contribution in [0.4, 0.5) is 10.1 Å². The number of hydrogen-bond donors (Lipinski definition) is 1. The van der Waals surface area contributed by atoms with Gasteiger partial charge in [0.1, 0.15) is 5.82 Å². The molecule has 2 aliphatic rings. The number of para-hydroxylation sites is 1. The molecule has 0 atom stereocenters. The Bertz CT molecular complexity index is 452. The van der Waals surface area contributed by atoms with Crippen LogP contribution in [0.5, 0.6) is 0 Å². The van der Waals surface area contributed by atoms with Gasteiger partial charge in [-0.1, -0.05) is 12.1 Å². The van der Waals surface area contributed by atoms with Gasteiger partial charge in [0.15, 0.2) is 5.96 Å². The predicted molar refractivity (Wildman–Crippen MR) is 70.5 cm³/mol. The van der Waals surface area contributed by atoms with Gasteiger partial charge in [-0.2, -0.15) is 0 Å². The molecule has 18 heavy (non-hydrogen) atoms. The Labute approximate surface area is 106 Å². The molecule has 0 aliphatic carbocycles. The molecule has 1 saturated heterocycles. The van der Waals surface area contributed by atoms with E-state index in [-0.39, 0.29) is 5.82 Å². The third-order valence-electron chi connectivity index (χ3n) is 3.43. The Balaban J connectivity index is 1.65. The Morgan fingerprint density at radius 3 is 2.44 bits per heavy atom. The largest absolute Gasteiger partial charge is 0.366 e. The van der Waals surface area contributed by atoms with E-state index in [1.165, 1.54) is 6.07 Å². The zero-order chi connectivity index (χ0) is 12.4. The number of hydrogen-bond acceptors (Lipinski definition) is 4. The van der Waals surface area contributed by atoms with Gasteiger partial charge >= 0.3 is 0 Å². The Morgan fingerprint density at radius 2 is 1.78 bits per heavy atom. The summed E-state index contributed by atoms with van der Waals surface area (Å²) in [6.45, 7) is 5.25. The molecule has 4 nitrogen and oxygen atoms in total. The highest BCUT2D eigenvalue weighted by Crippen LogP contribution is 2.20. The smallest absolute Gasteiger partial charge is 0.194 e. The van der Waals surface area contributed by atoms with Crippen LogP contribution in [-0.4, -0.2) is 50.1 Å². The van der Waals surface area contributed by atoms with E-state index in [0.29, 0.717) is 5.69 Å². The molecule has 0 unspecified atom stereocenters. The van der Waals surface area contributed by atoms with Crippen LogP contribution < -0.4 is 10.2 Å². The highest BCUT2D eigenvalue weighted by molar-refractivity contribution is 5.81. The second kappa shape index (κ2) is 4.84. The fourth-order valence-electron chi connectivity index (χ4n) is 2.46. The van der Waals surface area contributed by atoms with Crippen molar-refractivity contribution in [1.82, 2.24) is 10.2 Å². The molecule has 2 heterocycles. The number of anilines is 1. The van der Waals surface area contributed by atoms with Crippen LogP contribution >= 0.6 is 0 Å².